The van der Waals surface area contributed by atoms with E-state index in [-0.39, 0.29) is 17.4 Å². The Labute approximate surface area is 144 Å². The third-order valence-corrected chi connectivity index (χ3v) is 4.53. The molecule has 1 fully saturated rings. The number of hydrogen-bond donors (Lipinski definition) is 2. The quantitative estimate of drug-likeness (QED) is 0.860. The summed E-state index contributed by atoms with van der Waals surface area (Å²) in [5, 5.41) is 12.2. The number of carbonyl (C=O) groups is 1. The smallest absolute Gasteiger partial charge is 0.276 e. The van der Waals surface area contributed by atoms with Crippen LogP contribution in [0.15, 0.2) is 16.0 Å². The van der Waals surface area contributed by atoms with Gasteiger partial charge in [0.25, 0.3) is 5.91 Å². The molecule has 0 aliphatic carbocycles. The second-order valence-electron chi connectivity index (χ2n) is 6.83. The van der Waals surface area contributed by atoms with Crippen LogP contribution in [0.4, 0.5) is 10.9 Å². The van der Waals surface area contributed by atoms with E-state index in [0.717, 1.165) is 25.2 Å². The predicted octanol–water partition coefficient (Wildman–Crippen LogP) is 3.27. The van der Waals surface area contributed by atoms with Gasteiger partial charge in [0.15, 0.2) is 10.9 Å². The lowest BCUT2D eigenvalue weighted by atomic mass is 9.93. The number of hydrogen-bond acceptors (Lipinski definition) is 7. The fourth-order valence-corrected chi connectivity index (χ4v) is 3.03. The van der Waals surface area contributed by atoms with Crippen LogP contribution < -0.4 is 10.6 Å². The first-order valence-electron chi connectivity index (χ1n) is 8.01. The second kappa shape index (κ2) is 6.90. The summed E-state index contributed by atoms with van der Waals surface area (Å²) < 4.78 is 10.8. The number of aromatic nitrogens is 2. The summed E-state index contributed by atoms with van der Waals surface area (Å²) in [4.78, 5) is 16.6. The van der Waals surface area contributed by atoms with Crippen LogP contribution in [0.25, 0.3) is 0 Å². The standard InChI is InChI=1S/C16H22N4O3S/c1-16(2,3)12-7-13(20-23-12)19-14(21)11-9-24-15(18-11)17-8-10-5-4-6-22-10/h7,9-10H,4-6,8H2,1-3H3,(H,17,18)(H,19,20,21). The van der Waals surface area contributed by atoms with Crippen molar-refractivity contribution in [3.05, 3.63) is 22.9 Å². The van der Waals surface area contributed by atoms with Crippen LogP contribution in [0.5, 0.6) is 0 Å². The molecule has 0 saturated carbocycles. The summed E-state index contributed by atoms with van der Waals surface area (Å²) in [6, 6.07) is 1.74. The molecule has 2 aromatic heterocycles. The lowest BCUT2D eigenvalue weighted by Crippen LogP contribution is -2.18. The molecule has 0 bridgehead atoms. The van der Waals surface area contributed by atoms with Crippen LogP contribution in [-0.4, -0.2) is 35.3 Å². The van der Waals surface area contributed by atoms with Gasteiger partial charge in [0, 0.05) is 30.0 Å². The molecular weight excluding hydrogens is 328 g/mol. The zero-order chi connectivity index (χ0) is 17.2. The molecule has 1 aliphatic heterocycles. The minimum absolute atomic E-state index is 0.157. The molecule has 130 valence electrons. The van der Waals surface area contributed by atoms with Gasteiger partial charge in [-0.15, -0.1) is 11.3 Å². The Morgan fingerprint density at radius 1 is 1.46 bits per heavy atom. The van der Waals surface area contributed by atoms with E-state index in [1.54, 1.807) is 11.4 Å². The van der Waals surface area contributed by atoms with Crippen molar-refractivity contribution >= 4 is 28.2 Å². The molecule has 7 nitrogen and oxygen atoms in total. The van der Waals surface area contributed by atoms with Crippen molar-refractivity contribution in [2.45, 2.75) is 45.1 Å². The van der Waals surface area contributed by atoms with E-state index in [0.29, 0.717) is 23.2 Å². The van der Waals surface area contributed by atoms with Gasteiger partial charge in [-0.25, -0.2) is 4.98 Å². The Balaban J connectivity index is 1.56. The Morgan fingerprint density at radius 3 is 2.96 bits per heavy atom. The molecule has 0 radical (unpaired) electrons. The summed E-state index contributed by atoms with van der Waals surface area (Å²) >= 11 is 1.40. The normalized spacial score (nSPS) is 17.9. The minimum Gasteiger partial charge on any atom is -0.376 e. The molecule has 3 heterocycles. The first-order valence-corrected chi connectivity index (χ1v) is 8.89. The lowest BCUT2D eigenvalue weighted by Gasteiger charge is -2.11. The van der Waals surface area contributed by atoms with Crippen molar-refractivity contribution in [2.75, 3.05) is 23.8 Å². The molecule has 1 atom stereocenters. The number of thiazole rings is 1. The summed E-state index contributed by atoms with van der Waals surface area (Å²) in [5.41, 5.74) is 0.200. The minimum atomic E-state index is -0.301. The third kappa shape index (κ3) is 4.12. The van der Waals surface area contributed by atoms with Crippen LogP contribution in [0.3, 0.4) is 0 Å². The van der Waals surface area contributed by atoms with Crippen molar-refractivity contribution < 1.29 is 14.1 Å². The fraction of sp³-hybridized carbons (Fsp3) is 0.562. The Bertz CT molecular complexity index is 698. The van der Waals surface area contributed by atoms with Crippen LogP contribution in [0.1, 0.15) is 49.9 Å². The maximum atomic E-state index is 12.2. The van der Waals surface area contributed by atoms with Gasteiger partial charge in [-0.1, -0.05) is 25.9 Å². The van der Waals surface area contributed by atoms with Crippen molar-refractivity contribution in [3.8, 4) is 0 Å². The molecule has 0 spiro atoms. The molecule has 2 N–H and O–H groups in total. The van der Waals surface area contributed by atoms with Crippen LogP contribution in [0, 0.1) is 0 Å². The Kier molecular flexibility index (Phi) is 4.86. The maximum Gasteiger partial charge on any atom is 0.276 e. The van der Waals surface area contributed by atoms with Crippen molar-refractivity contribution in [1.29, 1.82) is 0 Å². The van der Waals surface area contributed by atoms with Gasteiger partial charge in [0.1, 0.15) is 11.5 Å². The summed E-state index contributed by atoms with van der Waals surface area (Å²) in [5.74, 6) is 0.812. The highest BCUT2D eigenvalue weighted by atomic mass is 32.1. The van der Waals surface area contributed by atoms with E-state index in [9.17, 15) is 4.79 Å². The number of nitrogens with one attached hydrogen (secondary N) is 2. The van der Waals surface area contributed by atoms with Gasteiger partial charge in [-0.3, -0.25) is 4.79 Å². The predicted molar refractivity (Wildman–Crippen MR) is 92.7 cm³/mol. The number of amides is 1. The topological polar surface area (TPSA) is 89.3 Å². The molecule has 0 aromatic carbocycles. The third-order valence-electron chi connectivity index (χ3n) is 3.73. The first kappa shape index (κ1) is 16.9. The van der Waals surface area contributed by atoms with Crippen LogP contribution >= 0.6 is 11.3 Å². The summed E-state index contributed by atoms with van der Waals surface area (Å²) in [6.07, 6.45) is 2.40. The highest BCUT2D eigenvalue weighted by Crippen LogP contribution is 2.25. The highest BCUT2D eigenvalue weighted by molar-refractivity contribution is 7.13. The van der Waals surface area contributed by atoms with Gasteiger partial charge in [-0.05, 0) is 12.8 Å². The maximum absolute atomic E-state index is 12.2. The van der Waals surface area contributed by atoms with Gasteiger partial charge >= 0.3 is 0 Å². The zero-order valence-electron chi connectivity index (χ0n) is 14.1. The molecule has 1 unspecified atom stereocenters. The molecule has 3 rings (SSSR count). The fourth-order valence-electron chi connectivity index (χ4n) is 2.33. The van der Waals surface area contributed by atoms with Crippen LogP contribution in [0.2, 0.25) is 0 Å². The van der Waals surface area contributed by atoms with E-state index in [1.807, 2.05) is 20.8 Å². The molecule has 2 aromatic rings. The molecule has 8 heteroatoms. The zero-order valence-corrected chi connectivity index (χ0v) is 14.9. The van der Waals surface area contributed by atoms with E-state index >= 15 is 0 Å². The largest absolute Gasteiger partial charge is 0.376 e. The first-order chi connectivity index (χ1) is 11.4. The molecule has 1 saturated heterocycles. The Morgan fingerprint density at radius 2 is 2.29 bits per heavy atom. The van der Waals surface area contributed by atoms with Crippen LogP contribution in [-0.2, 0) is 10.2 Å². The van der Waals surface area contributed by atoms with Crippen molar-refractivity contribution in [1.82, 2.24) is 10.1 Å². The van der Waals surface area contributed by atoms with Gasteiger partial charge in [0.05, 0.1) is 6.10 Å². The number of anilines is 2. The number of carbonyl (C=O) groups excluding carboxylic acids is 1. The number of rotatable bonds is 5. The highest BCUT2D eigenvalue weighted by Gasteiger charge is 2.21. The summed E-state index contributed by atoms with van der Waals surface area (Å²) in [6.45, 7) is 7.60. The SMILES string of the molecule is CC(C)(C)c1cc(NC(=O)c2csc(NCC3CCCO3)n2)no1. The number of ether oxygens (including phenoxy) is 1. The molecule has 1 amide bonds. The monoisotopic (exact) mass is 350 g/mol. The molecule has 1 aliphatic rings. The second-order valence-corrected chi connectivity index (χ2v) is 7.69. The average Bonchev–Trinajstić information content (AvgIpc) is 3.25. The summed E-state index contributed by atoms with van der Waals surface area (Å²) in [7, 11) is 0. The van der Waals surface area contributed by atoms with Gasteiger partial charge < -0.3 is 19.9 Å². The van der Waals surface area contributed by atoms with Crippen molar-refractivity contribution in [3.63, 3.8) is 0 Å². The van der Waals surface area contributed by atoms with Gasteiger partial charge in [0.2, 0.25) is 0 Å². The van der Waals surface area contributed by atoms with E-state index < -0.39 is 0 Å². The Hall–Kier alpha value is -1.93. The van der Waals surface area contributed by atoms with Crippen molar-refractivity contribution in [2.24, 2.45) is 0 Å². The van der Waals surface area contributed by atoms with E-state index in [1.165, 1.54) is 11.3 Å². The number of nitrogens with zero attached hydrogens (tertiary/aromatic N) is 2. The van der Waals surface area contributed by atoms with E-state index in [2.05, 4.69) is 20.8 Å². The average molecular weight is 350 g/mol. The van der Waals surface area contributed by atoms with E-state index in [4.69, 9.17) is 9.26 Å². The molecule has 24 heavy (non-hydrogen) atoms. The molecular formula is C16H22N4O3S. The lowest BCUT2D eigenvalue weighted by molar-refractivity contribution is 0.102. The van der Waals surface area contributed by atoms with Gasteiger partial charge in [-0.2, -0.15) is 0 Å².